The molecule has 1 unspecified atom stereocenters. The van der Waals surface area contributed by atoms with Crippen LogP contribution in [-0.2, 0) is 13.0 Å². The highest BCUT2D eigenvalue weighted by molar-refractivity contribution is 5.06. The van der Waals surface area contributed by atoms with Crippen molar-refractivity contribution < 1.29 is 5.11 Å². The summed E-state index contributed by atoms with van der Waals surface area (Å²) >= 11 is 0. The molecule has 0 radical (unpaired) electrons. The Kier molecular flexibility index (Phi) is 2.67. The molecule has 1 aromatic heterocycles. The lowest BCUT2D eigenvalue weighted by Gasteiger charge is -2.24. The molecule has 4 nitrogen and oxygen atoms in total. The molecule has 2 heterocycles. The predicted molar refractivity (Wildman–Crippen MR) is 60.2 cm³/mol. The molecule has 2 aliphatic rings. The second kappa shape index (κ2) is 4.17. The number of nitrogens with zero attached hydrogens (tertiary/aromatic N) is 3. The molecule has 0 spiro atoms. The molecule has 1 saturated carbocycles. The Labute approximate surface area is 95.7 Å². The van der Waals surface area contributed by atoms with Gasteiger partial charge >= 0.3 is 0 Å². The largest absolute Gasteiger partial charge is 0.393 e. The molecule has 1 fully saturated rings. The Morgan fingerprint density at radius 3 is 2.69 bits per heavy atom. The van der Waals surface area contributed by atoms with Crippen LogP contribution >= 0.6 is 0 Å². The summed E-state index contributed by atoms with van der Waals surface area (Å²) in [5.74, 6) is 2.78. The number of rotatable bonds is 1. The molecule has 0 saturated heterocycles. The lowest BCUT2D eigenvalue weighted by molar-refractivity contribution is 0.140. The molecular formula is C12H19N3O. The minimum absolute atomic E-state index is 0.212. The maximum Gasteiger partial charge on any atom is 0.136 e. The van der Waals surface area contributed by atoms with Crippen molar-refractivity contribution in [2.45, 2.75) is 63.5 Å². The van der Waals surface area contributed by atoms with Crippen molar-refractivity contribution in [3.8, 4) is 0 Å². The van der Waals surface area contributed by atoms with Crippen LogP contribution in [0.15, 0.2) is 0 Å². The van der Waals surface area contributed by atoms with Crippen LogP contribution in [0.5, 0.6) is 0 Å². The minimum atomic E-state index is -0.212. The highest BCUT2D eigenvalue weighted by atomic mass is 16.3. The van der Waals surface area contributed by atoms with Gasteiger partial charge in [-0.2, -0.15) is 0 Å². The molecule has 1 aliphatic carbocycles. The highest BCUT2D eigenvalue weighted by Crippen LogP contribution is 2.32. The summed E-state index contributed by atoms with van der Waals surface area (Å²) in [6, 6.07) is 0. The maximum absolute atomic E-state index is 9.59. The Morgan fingerprint density at radius 2 is 1.88 bits per heavy atom. The first kappa shape index (κ1) is 10.3. The van der Waals surface area contributed by atoms with Crippen molar-refractivity contribution >= 4 is 0 Å². The van der Waals surface area contributed by atoms with Gasteiger partial charge in [0.2, 0.25) is 0 Å². The maximum atomic E-state index is 9.59. The first-order valence-electron chi connectivity index (χ1n) is 6.44. The van der Waals surface area contributed by atoms with Gasteiger partial charge in [0.25, 0.3) is 0 Å². The first-order valence-corrected chi connectivity index (χ1v) is 6.44. The van der Waals surface area contributed by atoms with Gasteiger partial charge < -0.3 is 9.67 Å². The molecule has 1 N–H and O–H groups in total. The molecule has 3 rings (SSSR count). The summed E-state index contributed by atoms with van der Waals surface area (Å²) < 4.78 is 2.25. The Bertz CT molecular complexity index is 368. The topological polar surface area (TPSA) is 50.9 Å². The quantitative estimate of drug-likeness (QED) is 0.784. The summed E-state index contributed by atoms with van der Waals surface area (Å²) in [5, 5.41) is 18.2. The van der Waals surface area contributed by atoms with E-state index in [-0.39, 0.29) is 6.10 Å². The van der Waals surface area contributed by atoms with Gasteiger partial charge in [0, 0.05) is 18.9 Å². The molecule has 0 amide bonds. The second-order valence-corrected chi connectivity index (χ2v) is 5.11. The number of fused-ring (bicyclic) bond motifs is 1. The van der Waals surface area contributed by atoms with Crippen LogP contribution in [0, 0.1) is 0 Å². The monoisotopic (exact) mass is 221 g/mol. The fraction of sp³-hybridized carbons (Fsp3) is 0.833. The number of hydrogen-bond donors (Lipinski definition) is 1. The van der Waals surface area contributed by atoms with Crippen LogP contribution in [0.4, 0.5) is 0 Å². The second-order valence-electron chi connectivity index (χ2n) is 5.11. The molecular weight excluding hydrogens is 202 g/mol. The van der Waals surface area contributed by atoms with Crippen molar-refractivity contribution in [1.29, 1.82) is 0 Å². The summed E-state index contributed by atoms with van der Waals surface area (Å²) in [6.45, 7) is 0.898. The summed E-state index contributed by atoms with van der Waals surface area (Å²) in [4.78, 5) is 0. The molecule has 1 aliphatic heterocycles. The van der Waals surface area contributed by atoms with Crippen LogP contribution in [0.3, 0.4) is 0 Å². The molecule has 1 atom stereocenters. The van der Waals surface area contributed by atoms with Gasteiger partial charge in [0.15, 0.2) is 0 Å². The average molecular weight is 221 g/mol. The molecule has 16 heavy (non-hydrogen) atoms. The molecule has 1 aromatic rings. The molecule has 0 bridgehead atoms. The van der Waals surface area contributed by atoms with Crippen LogP contribution in [0.2, 0.25) is 0 Å². The standard InChI is InChI=1S/C12H19N3O/c16-10-6-7-15-11(8-10)13-14-12(15)9-4-2-1-3-5-9/h9-10,16H,1-8H2. The van der Waals surface area contributed by atoms with Crippen molar-refractivity contribution in [3.63, 3.8) is 0 Å². The third kappa shape index (κ3) is 1.75. The third-order valence-corrected chi connectivity index (χ3v) is 3.93. The van der Waals surface area contributed by atoms with Crippen LogP contribution in [0.1, 0.15) is 56.1 Å². The Morgan fingerprint density at radius 1 is 1.06 bits per heavy atom. The smallest absolute Gasteiger partial charge is 0.136 e. The van der Waals surface area contributed by atoms with E-state index in [1.807, 2.05) is 0 Å². The van der Waals surface area contributed by atoms with Gasteiger partial charge in [0.05, 0.1) is 6.10 Å². The van der Waals surface area contributed by atoms with E-state index in [4.69, 9.17) is 0 Å². The van der Waals surface area contributed by atoms with Gasteiger partial charge in [-0.15, -0.1) is 10.2 Å². The van der Waals surface area contributed by atoms with E-state index in [9.17, 15) is 5.11 Å². The lowest BCUT2D eigenvalue weighted by Crippen LogP contribution is -2.25. The summed E-state index contributed by atoms with van der Waals surface area (Å²) in [7, 11) is 0. The van der Waals surface area contributed by atoms with Gasteiger partial charge in [-0.25, -0.2) is 0 Å². The van der Waals surface area contributed by atoms with Crippen molar-refractivity contribution in [2.24, 2.45) is 0 Å². The number of hydrogen-bond acceptors (Lipinski definition) is 3. The van der Waals surface area contributed by atoms with E-state index in [0.717, 1.165) is 18.8 Å². The minimum Gasteiger partial charge on any atom is -0.393 e. The zero-order valence-electron chi connectivity index (χ0n) is 9.60. The van der Waals surface area contributed by atoms with E-state index >= 15 is 0 Å². The van der Waals surface area contributed by atoms with Crippen molar-refractivity contribution in [2.75, 3.05) is 0 Å². The number of aromatic nitrogens is 3. The summed E-state index contributed by atoms with van der Waals surface area (Å²) in [6.07, 6.45) is 7.88. The van der Waals surface area contributed by atoms with Crippen molar-refractivity contribution in [1.82, 2.24) is 14.8 Å². The molecule has 0 aromatic carbocycles. The van der Waals surface area contributed by atoms with Crippen LogP contribution < -0.4 is 0 Å². The highest BCUT2D eigenvalue weighted by Gasteiger charge is 2.26. The molecule has 88 valence electrons. The SMILES string of the molecule is OC1CCn2c(nnc2C2CCCCC2)C1. The van der Waals surface area contributed by atoms with E-state index in [2.05, 4.69) is 14.8 Å². The van der Waals surface area contributed by atoms with E-state index in [0.29, 0.717) is 12.3 Å². The fourth-order valence-electron chi connectivity index (χ4n) is 3.00. The van der Waals surface area contributed by atoms with Gasteiger partial charge in [0.1, 0.15) is 11.6 Å². The first-order chi connectivity index (χ1) is 7.84. The number of aliphatic hydroxyl groups excluding tert-OH is 1. The third-order valence-electron chi connectivity index (χ3n) is 3.93. The normalized spacial score (nSPS) is 26.7. The van der Waals surface area contributed by atoms with E-state index < -0.39 is 0 Å². The Balaban J connectivity index is 1.85. The van der Waals surface area contributed by atoms with Gasteiger partial charge in [-0.1, -0.05) is 19.3 Å². The van der Waals surface area contributed by atoms with Crippen molar-refractivity contribution in [3.05, 3.63) is 11.6 Å². The Hall–Kier alpha value is -0.900. The average Bonchev–Trinajstić information content (AvgIpc) is 2.73. The van der Waals surface area contributed by atoms with Gasteiger partial charge in [-0.3, -0.25) is 0 Å². The van der Waals surface area contributed by atoms with Gasteiger partial charge in [-0.05, 0) is 19.3 Å². The number of aliphatic hydroxyl groups is 1. The van der Waals surface area contributed by atoms with Crippen LogP contribution in [-0.4, -0.2) is 26.0 Å². The lowest BCUT2D eigenvalue weighted by atomic mass is 9.88. The zero-order valence-corrected chi connectivity index (χ0v) is 9.60. The molecule has 4 heteroatoms. The van der Waals surface area contributed by atoms with Crippen LogP contribution in [0.25, 0.3) is 0 Å². The van der Waals surface area contributed by atoms with E-state index in [1.54, 1.807) is 0 Å². The summed E-state index contributed by atoms with van der Waals surface area (Å²) in [5.41, 5.74) is 0. The fourth-order valence-corrected chi connectivity index (χ4v) is 3.00. The van der Waals surface area contributed by atoms with E-state index in [1.165, 1.54) is 37.9 Å². The predicted octanol–water partition coefficient (Wildman–Crippen LogP) is 1.63. The zero-order chi connectivity index (χ0) is 11.0.